The maximum Gasteiger partial charge on any atom is 0.141 e. The predicted octanol–water partition coefficient (Wildman–Crippen LogP) is 4.06. The molecule has 0 spiro atoms. The van der Waals surface area contributed by atoms with Crippen LogP contribution in [0.15, 0.2) is 48.5 Å². The van der Waals surface area contributed by atoms with Crippen LogP contribution in [0, 0.1) is 5.92 Å². The van der Waals surface area contributed by atoms with Gasteiger partial charge in [-0.05, 0) is 18.1 Å². The lowest BCUT2D eigenvalue weighted by Gasteiger charge is -2.11. The fraction of sp³-hybridized carbons (Fsp3) is 0.235. The van der Waals surface area contributed by atoms with Gasteiger partial charge >= 0.3 is 0 Å². The molecule has 102 valence electrons. The fourth-order valence-corrected chi connectivity index (χ4v) is 2.47. The van der Waals surface area contributed by atoms with Gasteiger partial charge in [0.1, 0.15) is 11.6 Å². The SMILES string of the molecule is CC(C)Cn1c(-c2ccccc2)nc2ccc(O)cc21. The van der Waals surface area contributed by atoms with Gasteiger partial charge in [-0.25, -0.2) is 4.98 Å². The number of hydrogen-bond acceptors (Lipinski definition) is 2. The second kappa shape index (κ2) is 5.00. The summed E-state index contributed by atoms with van der Waals surface area (Å²) in [5.74, 6) is 1.75. The van der Waals surface area contributed by atoms with Gasteiger partial charge in [0.05, 0.1) is 11.0 Å². The van der Waals surface area contributed by atoms with Crippen molar-refractivity contribution >= 4 is 11.0 Å². The lowest BCUT2D eigenvalue weighted by molar-refractivity contribution is 0.475. The molecule has 0 bridgehead atoms. The molecule has 1 heterocycles. The smallest absolute Gasteiger partial charge is 0.141 e. The van der Waals surface area contributed by atoms with E-state index in [1.807, 2.05) is 24.3 Å². The second-order valence-corrected chi connectivity index (χ2v) is 5.48. The number of phenols is 1. The molecule has 0 atom stereocenters. The zero-order valence-corrected chi connectivity index (χ0v) is 11.7. The quantitative estimate of drug-likeness (QED) is 0.776. The number of fused-ring (bicyclic) bond motifs is 1. The molecule has 0 fully saturated rings. The van der Waals surface area contributed by atoms with Crippen molar-refractivity contribution in [2.75, 3.05) is 0 Å². The van der Waals surface area contributed by atoms with Crippen molar-refractivity contribution in [3.05, 3.63) is 48.5 Å². The maximum atomic E-state index is 9.73. The average Bonchev–Trinajstić information content (AvgIpc) is 2.77. The molecule has 20 heavy (non-hydrogen) atoms. The number of aromatic nitrogens is 2. The normalized spacial score (nSPS) is 11.3. The van der Waals surface area contributed by atoms with Gasteiger partial charge in [-0.3, -0.25) is 0 Å². The highest BCUT2D eigenvalue weighted by atomic mass is 16.3. The van der Waals surface area contributed by atoms with E-state index in [0.29, 0.717) is 5.92 Å². The van der Waals surface area contributed by atoms with Crippen molar-refractivity contribution < 1.29 is 5.11 Å². The molecule has 3 aromatic rings. The average molecular weight is 266 g/mol. The van der Waals surface area contributed by atoms with E-state index >= 15 is 0 Å². The highest BCUT2D eigenvalue weighted by molar-refractivity contribution is 5.82. The summed E-state index contributed by atoms with van der Waals surface area (Å²) in [4.78, 5) is 4.73. The summed E-state index contributed by atoms with van der Waals surface area (Å²) in [5.41, 5.74) is 3.00. The van der Waals surface area contributed by atoms with E-state index in [4.69, 9.17) is 4.98 Å². The number of benzene rings is 2. The van der Waals surface area contributed by atoms with Crippen molar-refractivity contribution in [1.29, 1.82) is 0 Å². The summed E-state index contributed by atoms with van der Waals surface area (Å²) in [6.45, 7) is 5.25. The van der Waals surface area contributed by atoms with E-state index in [0.717, 1.165) is 29.0 Å². The Hall–Kier alpha value is -2.29. The Morgan fingerprint density at radius 3 is 2.55 bits per heavy atom. The minimum absolute atomic E-state index is 0.280. The highest BCUT2D eigenvalue weighted by Crippen LogP contribution is 2.28. The molecular formula is C17H18N2O. The lowest BCUT2D eigenvalue weighted by atomic mass is 10.2. The molecule has 2 aromatic carbocycles. The minimum atomic E-state index is 0.280. The standard InChI is InChI=1S/C17H18N2O/c1-12(2)11-19-16-10-14(20)8-9-15(16)18-17(19)13-6-4-3-5-7-13/h3-10,12,20H,11H2,1-2H3. The highest BCUT2D eigenvalue weighted by Gasteiger charge is 2.13. The van der Waals surface area contributed by atoms with E-state index in [9.17, 15) is 5.11 Å². The molecule has 3 nitrogen and oxygen atoms in total. The van der Waals surface area contributed by atoms with Crippen LogP contribution in [0.5, 0.6) is 5.75 Å². The van der Waals surface area contributed by atoms with Crippen molar-refractivity contribution in [2.45, 2.75) is 20.4 Å². The molecule has 0 amide bonds. The number of hydrogen-bond donors (Lipinski definition) is 1. The molecule has 1 aromatic heterocycles. The van der Waals surface area contributed by atoms with Gasteiger partial charge in [0.15, 0.2) is 0 Å². The van der Waals surface area contributed by atoms with Crippen molar-refractivity contribution in [3.8, 4) is 17.1 Å². The largest absolute Gasteiger partial charge is 0.508 e. The zero-order valence-electron chi connectivity index (χ0n) is 11.7. The van der Waals surface area contributed by atoms with Crippen LogP contribution in [0.1, 0.15) is 13.8 Å². The number of rotatable bonds is 3. The molecule has 0 radical (unpaired) electrons. The number of nitrogens with zero attached hydrogens (tertiary/aromatic N) is 2. The summed E-state index contributed by atoms with van der Waals surface area (Å²) >= 11 is 0. The molecule has 0 unspecified atom stereocenters. The zero-order chi connectivity index (χ0) is 14.1. The molecular weight excluding hydrogens is 248 g/mol. The van der Waals surface area contributed by atoms with Gasteiger partial charge in [-0.2, -0.15) is 0 Å². The van der Waals surface area contributed by atoms with Crippen LogP contribution in [0.3, 0.4) is 0 Å². The number of phenolic OH excluding ortho intramolecular Hbond substituents is 1. The maximum absolute atomic E-state index is 9.73. The molecule has 3 rings (SSSR count). The van der Waals surface area contributed by atoms with Crippen LogP contribution in [0.25, 0.3) is 22.4 Å². The van der Waals surface area contributed by atoms with Gasteiger partial charge in [0, 0.05) is 18.2 Å². The molecule has 0 saturated heterocycles. The predicted molar refractivity (Wildman–Crippen MR) is 81.7 cm³/mol. The first kappa shape index (κ1) is 12.7. The molecule has 0 aliphatic rings. The Bertz CT molecular complexity index is 729. The van der Waals surface area contributed by atoms with Crippen molar-refractivity contribution in [2.24, 2.45) is 5.92 Å². The summed E-state index contributed by atoms with van der Waals surface area (Å²) in [7, 11) is 0. The fourth-order valence-electron chi connectivity index (χ4n) is 2.47. The Labute approximate surface area is 118 Å². The van der Waals surface area contributed by atoms with Crippen LogP contribution < -0.4 is 0 Å². The van der Waals surface area contributed by atoms with Gasteiger partial charge in [0.2, 0.25) is 0 Å². The second-order valence-electron chi connectivity index (χ2n) is 5.48. The van der Waals surface area contributed by atoms with E-state index in [2.05, 4.69) is 30.5 Å². The Balaban J connectivity index is 2.25. The summed E-state index contributed by atoms with van der Waals surface area (Å²) in [6, 6.07) is 15.5. The molecule has 3 heteroatoms. The first-order valence-electron chi connectivity index (χ1n) is 6.90. The molecule has 0 aliphatic heterocycles. The topological polar surface area (TPSA) is 38.0 Å². The Kier molecular flexibility index (Phi) is 3.18. The third-order valence-electron chi connectivity index (χ3n) is 3.31. The Morgan fingerprint density at radius 2 is 1.85 bits per heavy atom. The minimum Gasteiger partial charge on any atom is -0.508 e. The van der Waals surface area contributed by atoms with Crippen LogP contribution >= 0.6 is 0 Å². The summed E-state index contributed by atoms with van der Waals surface area (Å²) in [5, 5.41) is 9.73. The molecule has 0 saturated carbocycles. The van der Waals surface area contributed by atoms with E-state index < -0.39 is 0 Å². The first-order valence-corrected chi connectivity index (χ1v) is 6.90. The van der Waals surface area contributed by atoms with E-state index in [1.165, 1.54) is 0 Å². The van der Waals surface area contributed by atoms with Gasteiger partial charge in [-0.15, -0.1) is 0 Å². The molecule has 1 N–H and O–H groups in total. The Morgan fingerprint density at radius 1 is 1.10 bits per heavy atom. The molecule has 0 aliphatic carbocycles. The summed E-state index contributed by atoms with van der Waals surface area (Å²) < 4.78 is 2.19. The van der Waals surface area contributed by atoms with Crippen LogP contribution in [0.4, 0.5) is 0 Å². The van der Waals surface area contributed by atoms with Gasteiger partial charge in [0.25, 0.3) is 0 Å². The number of imidazole rings is 1. The van der Waals surface area contributed by atoms with Crippen LogP contribution in [-0.4, -0.2) is 14.7 Å². The monoisotopic (exact) mass is 266 g/mol. The van der Waals surface area contributed by atoms with Gasteiger partial charge < -0.3 is 9.67 Å². The van der Waals surface area contributed by atoms with Crippen LogP contribution in [0.2, 0.25) is 0 Å². The van der Waals surface area contributed by atoms with E-state index in [1.54, 1.807) is 12.1 Å². The summed E-state index contributed by atoms with van der Waals surface area (Å²) in [6.07, 6.45) is 0. The third-order valence-corrected chi connectivity index (χ3v) is 3.31. The number of aromatic hydroxyl groups is 1. The first-order chi connectivity index (χ1) is 9.65. The van der Waals surface area contributed by atoms with Crippen molar-refractivity contribution in [1.82, 2.24) is 9.55 Å². The third kappa shape index (κ3) is 2.27. The van der Waals surface area contributed by atoms with Crippen molar-refractivity contribution in [3.63, 3.8) is 0 Å². The lowest BCUT2D eigenvalue weighted by Crippen LogP contribution is -2.06. The van der Waals surface area contributed by atoms with Crippen LogP contribution in [-0.2, 0) is 6.54 Å². The van der Waals surface area contributed by atoms with E-state index in [-0.39, 0.29) is 5.75 Å². The van der Waals surface area contributed by atoms with Gasteiger partial charge in [-0.1, -0.05) is 44.2 Å².